The molecule has 7 nitrogen and oxygen atoms in total. The van der Waals surface area contributed by atoms with Crippen LogP contribution in [0.4, 0.5) is 10.6 Å². The Hall–Kier alpha value is -2.49. The van der Waals surface area contributed by atoms with Crippen LogP contribution in [0.15, 0.2) is 17.3 Å². The highest BCUT2D eigenvalue weighted by atomic mass is 16.6. The molecule has 1 aliphatic rings. The van der Waals surface area contributed by atoms with Crippen molar-refractivity contribution in [3.63, 3.8) is 0 Å². The molecule has 0 aliphatic carbocycles. The summed E-state index contributed by atoms with van der Waals surface area (Å²) >= 11 is 0. The van der Waals surface area contributed by atoms with E-state index in [0.29, 0.717) is 31.1 Å². The summed E-state index contributed by atoms with van der Waals surface area (Å²) in [5.74, 6) is 0.606. The summed E-state index contributed by atoms with van der Waals surface area (Å²) in [6.07, 6.45) is 4.47. The minimum Gasteiger partial charge on any atom is -0.483 e. The second-order valence-electron chi connectivity index (χ2n) is 5.91. The summed E-state index contributed by atoms with van der Waals surface area (Å²) in [6, 6.07) is 4.12. The number of rotatable bonds is 5. The van der Waals surface area contributed by atoms with Gasteiger partial charge >= 0.3 is 6.09 Å². The molecule has 1 aromatic heterocycles. The van der Waals surface area contributed by atoms with Gasteiger partial charge in [-0.15, -0.1) is 0 Å². The number of nitrogens with zero attached hydrogens (tertiary/aromatic N) is 4. The van der Waals surface area contributed by atoms with Crippen LogP contribution in [-0.4, -0.2) is 47.8 Å². The maximum atomic E-state index is 12.0. The molecule has 1 saturated heterocycles. The van der Waals surface area contributed by atoms with Crippen LogP contribution >= 0.6 is 0 Å². The fourth-order valence-corrected chi connectivity index (χ4v) is 2.72. The van der Waals surface area contributed by atoms with Gasteiger partial charge in [-0.3, -0.25) is 0 Å². The van der Waals surface area contributed by atoms with E-state index >= 15 is 0 Å². The van der Waals surface area contributed by atoms with Crippen molar-refractivity contribution in [2.45, 2.75) is 45.8 Å². The van der Waals surface area contributed by atoms with Crippen molar-refractivity contribution in [3.05, 3.63) is 17.8 Å². The number of piperidine rings is 1. The molecular formula is C17H24N4O3. The molecule has 2 rings (SSSR count). The molecule has 1 aliphatic heterocycles. The zero-order valence-corrected chi connectivity index (χ0v) is 14.4. The van der Waals surface area contributed by atoms with Gasteiger partial charge in [0.2, 0.25) is 0 Å². The van der Waals surface area contributed by atoms with Gasteiger partial charge in [0.25, 0.3) is 0 Å². The third kappa shape index (κ3) is 4.28. The molecule has 1 aromatic rings. The molecular weight excluding hydrogens is 308 g/mol. The molecule has 0 N–H and O–H groups in total. The molecule has 0 spiro atoms. The van der Waals surface area contributed by atoms with E-state index in [1.807, 2.05) is 31.5 Å². The summed E-state index contributed by atoms with van der Waals surface area (Å²) in [6.45, 7) is 7.35. The number of ether oxygens (including phenoxy) is 2. The standard InChI is InChI=1S/C17H24N4O3/c1-4-23-12-19-16-14(11-18)5-10-21(16)15-6-8-20(9-7-15)17(22)24-13(2)3/h5,10,12-13,15H,4,6-9H2,1-3H3. The van der Waals surface area contributed by atoms with Crippen LogP contribution in [0.1, 0.15) is 45.2 Å². The van der Waals surface area contributed by atoms with E-state index in [1.165, 1.54) is 6.40 Å². The number of likely N-dealkylation sites (tertiary alicyclic amines) is 1. The maximum absolute atomic E-state index is 12.0. The average Bonchev–Trinajstić information content (AvgIpc) is 2.97. The average molecular weight is 332 g/mol. The Morgan fingerprint density at radius 1 is 1.50 bits per heavy atom. The Kier molecular flexibility index (Phi) is 6.24. The van der Waals surface area contributed by atoms with E-state index in [4.69, 9.17) is 9.47 Å². The minimum atomic E-state index is -0.261. The first-order chi connectivity index (χ1) is 11.6. The van der Waals surface area contributed by atoms with Crippen LogP contribution in [0, 0.1) is 11.3 Å². The summed E-state index contributed by atoms with van der Waals surface area (Å²) in [4.78, 5) is 18.0. The van der Waals surface area contributed by atoms with Crippen LogP contribution in [0.5, 0.6) is 0 Å². The van der Waals surface area contributed by atoms with E-state index in [9.17, 15) is 10.1 Å². The highest BCUT2D eigenvalue weighted by Crippen LogP contribution is 2.30. The molecule has 24 heavy (non-hydrogen) atoms. The number of carbonyl (C=O) groups excluding carboxylic acids is 1. The Morgan fingerprint density at radius 2 is 2.21 bits per heavy atom. The summed E-state index contributed by atoms with van der Waals surface area (Å²) < 4.78 is 12.4. The van der Waals surface area contributed by atoms with Crippen LogP contribution in [0.25, 0.3) is 0 Å². The fourth-order valence-electron chi connectivity index (χ4n) is 2.72. The summed E-state index contributed by atoms with van der Waals surface area (Å²) in [5, 5.41) is 9.24. The van der Waals surface area contributed by atoms with Gasteiger partial charge < -0.3 is 18.9 Å². The Balaban J connectivity index is 2.05. The second kappa shape index (κ2) is 8.39. The number of amides is 1. The smallest absolute Gasteiger partial charge is 0.410 e. The zero-order chi connectivity index (χ0) is 17.5. The quantitative estimate of drug-likeness (QED) is 0.612. The van der Waals surface area contributed by atoms with Crippen molar-refractivity contribution in [3.8, 4) is 6.07 Å². The predicted octanol–water partition coefficient (Wildman–Crippen LogP) is 3.24. The monoisotopic (exact) mass is 332 g/mol. The second-order valence-corrected chi connectivity index (χ2v) is 5.91. The lowest BCUT2D eigenvalue weighted by atomic mass is 10.1. The molecule has 0 radical (unpaired) electrons. The first kappa shape index (κ1) is 17.9. The van der Waals surface area contributed by atoms with Gasteiger partial charge in [0.1, 0.15) is 6.07 Å². The summed E-state index contributed by atoms with van der Waals surface area (Å²) in [7, 11) is 0. The molecule has 2 heterocycles. The van der Waals surface area contributed by atoms with Crippen LogP contribution in [0.2, 0.25) is 0 Å². The third-order valence-electron chi connectivity index (χ3n) is 3.88. The van der Waals surface area contributed by atoms with E-state index in [-0.39, 0.29) is 18.2 Å². The van der Waals surface area contributed by atoms with Crippen LogP contribution < -0.4 is 0 Å². The van der Waals surface area contributed by atoms with E-state index < -0.39 is 0 Å². The van der Waals surface area contributed by atoms with Gasteiger partial charge in [0, 0.05) is 25.3 Å². The molecule has 7 heteroatoms. The first-order valence-electron chi connectivity index (χ1n) is 8.27. The SMILES string of the molecule is CCOC=Nc1c(C#N)ccn1C1CCN(C(=O)OC(C)C)CC1. The number of carbonyl (C=O) groups is 1. The van der Waals surface area contributed by atoms with Crippen molar-refractivity contribution in [1.82, 2.24) is 9.47 Å². The van der Waals surface area contributed by atoms with Crippen molar-refractivity contribution in [2.24, 2.45) is 4.99 Å². The molecule has 0 aromatic carbocycles. The van der Waals surface area contributed by atoms with Gasteiger partial charge in [-0.2, -0.15) is 5.26 Å². The fraction of sp³-hybridized carbons (Fsp3) is 0.588. The Bertz CT molecular complexity index is 622. The van der Waals surface area contributed by atoms with Crippen molar-refractivity contribution < 1.29 is 14.3 Å². The molecule has 0 bridgehead atoms. The third-order valence-corrected chi connectivity index (χ3v) is 3.88. The summed E-state index contributed by atoms with van der Waals surface area (Å²) in [5.41, 5.74) is 0.521. The predicted molar refractivity (Wildman–Crippen MR) is 90.4 cm³/mol. The highest BCUT2D eigenvalue weighted by molar-refractivity contribution is 5.68. The van der Waals surface area contributed by atoms with E-state index in [1.54, 1.807) is 11.0 Å². The number of hydrogen-bond acceptors (Lipinski definition) is 5. The van der Waals surface area contributed by atoms with Crippen molar-refractivity contribution in [2.75, 3.05) is 19.7 Å². The van der Waals surface area contributed by atoms with Crippen molar-refractivity contribution >= 4 is 18.3 Å². The molecule has 1 fully saturated rings. The first-order valence-corrected chi connectivity index (χ1v) is 8.27. The normalized spacial score (nSPS) is 15.7. The lowest BCUT2D eigenvalue weighted by molar-refractivity contribution is 0.0662. The van der Waals surface area contributed by atoms with Gasteiger partial charge in [-0.25, -0.2) is 9.79 Å². The lowest BCUT2D eigenvalue weighted by Crippen LogP contribution is -2.40. The van der Waals surface area contributed by atoms with E-state index in [2.05, 4.69) is 11.1 Å². The van der Waals surface area contributed by atoms with Gasteiger partial charge in [0.15, 0.2) is 12.2 Å². The molecule has 0 saturated carbocycles. The minimum absolute atomic E-state index is 0.114. The van der Waals surface area contributed by atoms with Crippen molar-refractivity contribution in [1.29, 1.82) is 5.26 Å². The van der Waals surface area contributed by atoms with Crippen LogP contribution in [0.3, 0.4) is 0 Å². The number of aromatic nitrogens is 1. The van der Waals surface area contributed by atoms with Gasteiger partial charge in [0.05, 0.1) is 18.3 Å². The highest BCUT2D eigenvalue weighted by Gasteiger charge is 2.26. The van der Waals surface area contributed by atoms with E-state index in [0.717, 1.165) is 12.8 Å². The Labute approximate surface area is 142 Å². The van der Waals surface area contributed by atoms with Gasteiger partial charge in [-0.05, 0) is 39.7 Å². The molecule has 0 atom stereocenters. The number of aliphatic imine (C=N–C) groups is 1. The van der Waals surface area contributed by atoms with Gasteiger partial charge in [-0.1, -0.05) is 0 Å². The molecule has 1 amide bonds. The molecule has 130 valence electrons. The number of nitriles is 1. The zero-order valence-electron chi connectivity index (χ0n) is 14.4. The Morgan fingerprint density at radius 3 is 2.79 bits per heavy atom. The lowest BCUT2D eigenvalue weighted by Gasteiger charge is -2.33. The number of hydrogen-bond donors (Lipinski definition) is 0. The molecule has 0 unspecified atom stereocenters. The topological polar surface area (TPSA) is 79.9 Å². The largest absolute Gasteiger partial charge is 0.483 e. The van der Waals surface area contributed by atoms with Crippen LogP contribution in [-0.2, 0) is 9.47 Å². The maximum Gasteiger partial charge on any atom is 0.410 e.